The molecule has 142 valence electrons. The van der Waals surface area contributed by atoms with E-state index >= 15 is 0 Å². The molecule has 0 saturated carbocycles. The van der Waals surface area contributed by atoms with Crippen molar-refractivity contribution in [1.29, 1.82) is 0 Å². The number of β-lactam (4-membered cyclic amide) rings is 1. The molecule has 0 bridgehead atoms. The Balaban J connectivity index is 1.47. The van der Waals surface area contributed by atoms with Gasteiger partial charge in [0, 0.05) is 12.4 Å². The molecular weight excluding hydrogens is 378 g/mol. The van der Waals surface area contributed by atoms with Gasteiger partial charge in [-0.25, -0.2) is 23.3 Å². The Morgan fingerprint density at radius 2 is 2.00 bits per heavy atom. The number of carbonyl (C=O) groups excluding carboxylic acids is 3. The Bertz CT molecular complexity index is 944. The quantitative estimate of drug-likeness (QED) is 0.672. The molecule has 0 radical (unpaired) electrons. The van der Waals surface area contributed by atoms with Gasteiger partial charge in [0.05, 0.1) is 6.54 Å². The fourth-order valence-corrected chi connectivity index (χ4v) is 3.06. The fraction of sp³-hybridized carbons (Fsp3) is 0.200. The third-order valence-corrected chi connectivity index (χ3v) is 4.86. The van der Waals surface area contributed by atoms with Crippen molar-refractivity contribution in [1.82, 2.24) is 23.9 Å². The van der Waals surface area contributed by atoms with Gasteiger partial charge >= 0.3 is 22.3 Å². The number of nitrogens with one attached hydrogen (secondary N) is 2. The van der Waals surface area contributed by atoms with E-state index in [-0.39, 0.29) is 13.2 Å². The number of alkyl carbamates (subject to hydrolysis) is 1. The summed E-state index contributed by atoms with van der Waals surface area (Å²) >= 11 is 0. The fourth-order valence-electron chi connectivity index (χ4n) is 2.23. The molecule has 0 aliphatic carbocycles. The van der Waals surface area contributed by atoms with Crippen LogP contribution in [-0.4, -0.2) is 52.9 Å². The van der Waals surface area contributed by atoms with Crippen LogP contribution in [0.1, 0.15) is 5.56 Å². The summed E-state index contributed by atoms with van der Waals surface area (Å²) in [5, 5.41) is 2.31. The topological polar surface area (TPSA) is 140 Å². The lowest BCUT2D eigenvalue weighted by Gasteiger charge is -2.36. The number of imide groups is 1. The molecule has 1 fully saturated rings. The average molecular weight is 393 g/mol. The first-order valence-corrected chi connectivity index (χ1v) is 9.14. The number of rotatable bonds is 5. The van der Waals surface area contributed by atoms with E-state index in [2.05, 4.69) is 10.3 Å². The third kappa shape index (κ3) is 4.23. The first-order valence-electron chi connectivity index (χ1n) is 7.70. The van der Waals surface area contributed by atoms with E-state index in [0.717, 1.165) is 18.1 Å². The van der Waals surface area contributed by atoms with E-state index in [1.54, 1.807) is 29.0 Å². The molecule has 2 aromatic rings. The molecule has 1 saturated heterocycles. The molecule has 1 aliphatic heterocycles. The van der Waals surface area contributed by atoms with Gasteiger partial charge in [0.1, 0.15) is 19.0 Å². The number of hydrogen-bond donors (Lipinski definition) is 2. The zero-order valence-corrected chi connectivity index (χ0v) is 14.6. The summed E-state index contributed by atoms with van der Waals surface area (Å²) in [5.41, 5.74) is 0.776. The van der Waals surface area contributed by atoms with Gasteiger partial charge in [-0.2, -0.15) is 8.42 Å². The number of imidazole rings is 1. The molecule has 12 heteroatoms. The monoisotopic (exact) mass is 393 g/mol. The summed E-state index contributed by atoms with van der Waals surface area (Å²) in [7, 11) is -4.19. The summed E-state index contributed by atoms with van der Waals surface area (Å²) in [6.45, 7) is -0.147. The summed E-state index contributed by atoms with van der Waals surface area (Å²) in [5.74, 6) is -0.745. The molecule has 1 aromatic carbocycles. The molecule has 3 rings (SSSR count). The summed E-state index contributed by atoms with van der Waals surface area (Å²) < 4.78 is 31.2. The second-order valence-corrected chi connectivity index (χ2v) is 7.09. The van der Waals surface area contributed by atoms with Gasteiger partial charge < -0.3 is 10.1 Å². The van der Waals surface area contributed by atoms with Gasteiger partial charge in [-0.15, -0.1) is 0 Å². The van der Waals surface area contributed by atoms with Gasteiger partial charge in [-0.1, -0.05) is 30.3 Å². The van der Waals surface area contributed by atoms with E-state index in [1.165, 1.54) is 6.20 Å². The van der Waals surface area contributed by atoms with Crippen LogP contribution in [0.2, 0.25) is 0 Å². The number of likely N-dealkylation sites (tertiary alicyclic amines) is 1. The molecule has 2 heterocycles. The molecule has 4 amide bonds. The Morgan fingerprint density at radius 3 is 2.63 bits per heavy atom. The highest BCUT2D eigenvalue weighted by atomic mass is 32.2. The molecule has 1 unspecified atom stereocenters. The predicted molar refractivity (Wildman–Crippen MR) is 90.3 cm³/mol. The normalized spacial score (nSPS) is 16.4. The number of urea groups is 1. The molecule has 1 aliphatic rings. The summed E-state index contributed by atoms with van der Waals surface area (Å²) in [6, 6.07) is 6.87. The van der Waals surface area contributed by atoms with Gasteiger partial charge in [-0.05, 0) is 5.56 Å². The van der Waals surface area contributed by atoms with Crippen molar-refractivity contribution in [3.63, 3.8) is 0 Å². The largest absolute Gasteiger partial charge is 0.445 e. The lowest BCUT2D eigenvalue weighted by molar-refractivity contribution is -0.139. The van der Waals surface area contributed by atoms with Crippen LogP contribution in [0.4, 0.5) is 9.59 Å². The van der Waals surface area contributed by atoms with E-state index in [4.69, 9.17) is 4.74 Å². The maximum Gasteiger partial charge on any atom is 0.408 e. The van der Waals surface area contributed by atoms with Crippen molar-refractivity contribution in [2.75, 3.05) is 6.54 Å². The van der Waals surface area contributed by atoms with Crippen molar-refractivity contribution in [2.45, 2.75) is 12.6 Å². The number of benzene rings is 1. The van der Waals surface area contributed by atoms with Crippen LogP contribution < -0.4 is 10.0 Å². The second-order valence-electron chi connectivity index (χ2n) is 5.51. The van der Waals surface area contributed by atoms with Crippen LogP contribution in [-0.2, 0) is 26.3 Å². The number of ether oxygens (including phenoxy) is 1. The highest BCUT2D eigenvalue weighted by molar-refractivity contribution is 7.88. The minimum absolute atomic E-state index is 0.0287. The number of carbonyl (C=O) groups is 3. The third-order valence-electron chi connectivity index (χ3n) is 3.65. The molecule has 2 N–H and O–H groups in total. The van der Waals surface area contributed by atoms with Gasteiger partial charge in [0.2, 0.25) is 0 Å². The van der Waals surface area contributed by atoms with E-state index in [0.29, 0.717) is 8.87 Å². The van der Waals surface area contributed by atoms with E-state index in [9.17, 15) is 22.8 Å². The lowest BCUT2D eigenvalue weighted by atomic mass is 10.1. The van der Waals surface area contributed by atoms with E-state index < -0.39 is 34.3 Å². The van der Waals surface area contributed by atoms with Crippen molar-refractivity contribution >= 4 is 28.2 Å². The Kier molecular flexibility index (Phi) is 5.07. The number of nitrogens with zero attached hydrogens (tertiary/aromatic N) is 3. The minimum Gasteiger partial charge on any atom is -0.445 e. The SMILES string of the molecule is O=C(NC1CN(C(=O)NS(=O)(=O)n2ccnc2)C1=O)OCc1ccccc1. The first kappa shape index (κ1) is 18.4. The summed E-state index contributed by atoms with van der Waals surface area (Å²) in [6.07, 6.45) is 2.52. The lowest BCUT2D eigenvalue weighted by Crippen LogP contribution is -2.67. The first-order chi connectivity index (χ1) is 12.9. The Morgan fingerprint density at radius 1 is 1.26 bits per heavy atom. The molecule has 0 spiro atoms. The van der Waals surface area contributed by atoms with Crippen LogP contribution >= 0.6 is 0 Å². The standard InChI is InChI=1S/C15H15N5O6S/c21-13-12(17-15(23)26-9-11-4-2-1-3-5-11)8-20(13)14(22)18-27(24,25)19-7-6-16-10-19/h1-7,10,12H,8-9H2,(H,17,23)(H,18,22). The highest BCUT2D eigenvalue weighted by Crippen LogP contribution is 2.11. The highest BCUT2D eigenvalue weighted by Gasteiger charge is 2.43. The van der Waals surface area contributed by atoms with Gasteiger partial charge in [-0.3, -0.25) is 9.69 Å². The van der Waals surface area contributed by atoms with Gasteiger partial charge in [0.25, 0.3) is 5.91 Å². The Hall–Kier alpha value is -3.41. The average Bonchev–Trinajstić information content (AvgIpc) is 3.19. The Labute approximate surface area is 154 Å². The minimum atomic E-state index is -4.19. The molecule has 11 nitrogen and oxygen atoms in total. The second kappa shape index (κ2) is 7.45. The zero-order chi connectivity index (χ0) is 19.4. The smallest absolute Gasteiger partial charge is 0.408 e. The van der Waals surface area contributed by atoms with Crippen molar-refractivity contribution in [3.8, 4) is 0 Å². The van der Waals surface area contributed by atoms with Crippen LogP contribution in [0.15, 0.2) is 49.1 Å². The number of amides is 4. The molecule has 1 atom stereocenters. The maximum absolute atomic E-state index is 12.0. The predicted octanol–water partition coefficient (Wildman–Crippen LogP) is -0.177. The molecular formula is C15H15N5O6S. The van der Waals surface area contributed by atoms with Crippen LogP contribution in [0.5, 0.6) is 0 Å². The zero-order valence-electron chi connectivity index (χ0n) is 13.8. The van der Waals surface area contributed by atoms with Crippen LogP contribution in [0.3, 0.4) is 0 Å². The van der Waals surface area contributed by atoms with E-state index in [1.807, 2.05) is 6.07 Å². The van der Waals surface area contributed by atoms with Crippen molar-refractivity contribution in [3.05, 3.63) is 54.6 Å². The molecule has 27 heavy (non-hydrogen) atoms. The van der Waals surface area contributed by atoms with Crippen LogP contribution in [0.25, 0.3) is 0 Å². The summed E-state index contributed by atoms with van der Waals surface area (Å²) in [4.78, 5) is 39.8. The molecule has 1 aromatic heterocycles. The van der Waals surface area contributed by atoms with Crippen molar-refractivity contribution < 1.29 is 27.5 Å². The van der Waals surface area contributed by atoms with Crippen LogP contribution in [0, 0.1) is 0 Å². The number of hydrogen-bond acceptors (Lipinski definition) is 7. The number of aromatic nitrogens is 2. The maximum atomic E-state index is 12.0. The van der Waals surface area contributed by atoms with Gasteiger partial charge in [0.15, 0.2) is 0 Å². The van der Waals surface area contributed by atoms with Crippen molar-refractivity contribution in [2.24, 2.45) is 0 Å².